The molecule has 0 atom stereocenters. The van der Waals surface area contributed by atoms with Gasteiger partial charge in [0.2, 0.25) is 0 Å². The largest absolute Gasteiger partial charge is 0.448 e. The van der Waals surface area contributed by atoms with Gasteiger partial charge in [-0.15, -0.1) is 0 Å². The second-order valence-corrected chi connectivity index (χ2v) is 1.50. The Morgan fingerprint density at radius 3 is 3.11 bits per heavy atom. The molecule has 0 spiro atoms. The highest BCUT2D eigenvalue weighted by atomic mass is 16.3. The van der Waals surface area contributed by atoms with Gasteiger partial charge >= 0.3 is 0 Å². The summed E-state index contributed by atoms with van der Waals surface area (Å²) in [6.07, 6.45) is 2.41. The SMILES string of the molecule is CNC(=O)c1cc[c]o1. The van der Waals surface area contributed by atoms with Gasteiger partial charge < -0.3 is 9.73 Å². The van der Waals surface area contributed by atoms with Crippen LogP contribution in [-0.2, 0) is 0 Å². The maximum atomic E-state index is 10.6. The molecule has 0 aromatic carbocycles. The van der Waals surface area contributed by atoms with Crippen LogP contribution in [0, 0.1) is 6.26 Å². The molecule has 47 valence electrons. The van der Waals surface area contributed by atoms with Crippen LogP contribution in [0.3, 0.4) is 0 Å². The molecule has 3 nitrogen and oxygen atoms in total. The van der Waals surface area contributed by atoms with Crippen LogP contribution < -0.4 is 5.32 Å². The molecule has 1 aromatic heterocycles. The first-order chi connectivity index (χ1) is 4.34. The number of nitrogens with one attached hydrogen (secondary N) is 1. The predicted molar refractivity (Wildman–Crippen MR) is 30.9 cm³/mol. The van der Waals surface area contributed by atoms with Crippen LogP contribution in [0.5, 0.6) is 0 Å². The monoisotopic (exact) mass is 124 g/mol. The molecule has 0 saturated carbocycles. The van der Waals surface area contributed by atoms with E-state index in [0.29, 0.717) is 0 Å². The minimum atomic E-state index is -0.226. The molecule has 0 unspecified atom stereocenters. The van der Waals surface area contributed by atoms with Gasteiger partial charge in [0.25, 0.3) is 5.91 Å². The van der Waals surface area contributed by atoms with Gasteiger partial charge in [0.05, 0.1) is 0 Å². The third-order valence-corrected chi connectivity index (χ3v) is 0.922. The summed E-state index contributed by atoms with van der Waals surface area (Å²) in [7, 11) is 1.55. The molecule has 0 aliphatic rings. The van der Waals surface area contributed by atoms with E-state index < -0.39 is 0 Å². The lowest BCUT2D eigenvalue weighted by molar-refractivity contribution is 0.0935. The average Bonchev–Trinajstić information content (AvgIpc) is 2.37. The third kappa shape index (κ3) is 1.10. The normalized spacial score (nSPS) is 9.00. The Balaban J connectivity index is 2.77. The number of hydrogen-bond acceptors (Lipinski definition) is 2. The van der Waals surface area contributed by atoms with Gasteiger partial charge in [-0.1, -0.05) is 0 Å². The van der Waals surface area contributed by atoms with Gasteiger partial charge in [-0.2, -0.15) is 0 Å². The van der Waals surface area contributed by atoms with Crippen LogP contribution in [0.25, 0.3) is 0 Å². The molecule has 1 aromatic rings. The van der Waals surface area contributed by atoms with E-state index in [0.717, 1.165) is 0 Å². The maximum Gasteiger partial charge on any atom is 0.286 e. The van der Waals surface area contributed by atoms with E-state index in [4.69, 9.17) is 0 Å². The third-order valence-electron chi connectivity index (χ3n) is 0.922. The summed E-state index contributed by atoms with van der Waals surface area (Å²) >= 11 is 0. The second-order valence-electron chi connectivity index (χ2n) is 1.50. The molecule has 1 radical (unpaired) electrons. The molecule has 0 fully saturated rings. The van der Waals surface area contributed by atoms with Crippen molar-refractivity contribution in [3.63, 3.8) is 0 Å². The lowest BCUT2D eigenvalue weighted by atomic mass is 10.4. The number of carbonyl (C=O) groups excluding carboxylic acids is 1. The predicted octanol–water partition coefficient (Wildman–Crippen LogP) is 0.439. The zero-order valence-corrected chi connectivity index (χ0v) is 4.97. The molecule has 1 N–H and O–H groups in total. The van der Waals surface area contributed by atoms with Crippen molar-refractivity contribution in [3.8, 4) is 0 Å². The Bertz CT molecular complexity index is 191. The van der Waals surface area contributed by atoms with Crippen molar-refractivity contribution in [2.45, 2.75) is 0 Å². The molecule has 1 heterocycles. The summed E-state index contributed by atoms with van der Waals surface area (Å²) in [6.45, 7) is 0. The molecule has 0 aliphatic carbocycles. The van der Waals surface area contributed by atoms with E-state index in [1.54, 1.807) is 19.2 Å². The van der Waals surface area contributed by atoms with Gasteiger partial charge in [-0.05, 0) is 12.1 Å². The van der Waals surface area contributed by atoms with Crippen molar-refractivity contribution in [2.24, 2.45) is 0 Å². The van der Waals surface area contributed by atoms with Crippen molar-refractivity contribution in [1.82, 2.24) is 5.32 Å². The van der Waals surface area contributed by atoms with E-state index in [2.05, 4.69) is 16.0 Å². The Hall–Kier alpha value is -1.25. The van der Waals surface area contributed by atoms with E-state index in [1.165, 1.54) is 0 Å². The fraction of sp³-hybridized carbons (Fsp3) is 0.167. The Labute approximate surface area is 52.7 Å². The number of amides is 1. The van der Waals surface area contributed by atoms with Gasteiger partial charge in [-0.25, -0.2) is 0 Å². The zero-order valence-electron chi connectivity index (χ0n) is 4.97. The highest BCUT2D eigenvalue weighted by molar-refractivity contribution is 5.90. The van der Waals surface area contributed by atoms with E-state index >= 15 is 0 Å². The highest BCUT2D eigenvalue weighted by Gasteiger charge is 2.03. The van der Waals surface area contributed by atoms with Crippen molar-refractivity contribution < 1.29 is 9.21 Å². The molecule has 0 aliphatic heterocycles. The van der Waals surface area contributed by atoms with Gasteiger partial charge in [0.1, 0.15) is 0 Å². The van der Waals surface area contributed by atoms with Crippen LogP contribution in [0.2, 0.25) is 0 Å². The van der Waals surface area contributed by atoms with Crippen LogP contribution in [0.4, 0.5) is 0 Å². The van der Waals surface area contributed by atoms with Crippen molar-refractivity contribution >= 4 is 5.91 Å². The van der Waals surface area contributed by atoms with Crippen molar-refractivity contribution in [2.75, 3.05) is 7.05 Å². The standard InChI is InChI=1S/C6H6NO2/c1-7-6(8)5-3-2-4-9-5/h2-3H,1H3,(H,7,8). The summed E-state index contributed by atoms with van der Waals surface area (Å²) in [5.41, 5.74) is 0. The number of rotatable bonds is 1. The zero-order chi connectivity index (χ0) is 6.69. The lowest BCUT2D eigenvalue weighted by Gasteiger charge is -1.89. The Morgan fingerprint density at radius 1 is 1.89 bits per heavy atom. The van der Waals surface area contributed by atoms with Gasteiger partial charge in [0.15, 0.2) is 12.0 Å². The first kappa shape index (κ1) is 5.88. The second kappa shape index (κ2) is 2.35. The van der Waals surface area contributed by atoms with E-state index in [-0.39, 0.29) is 11.7 Å². The molecule has 1 rings (SSSR count). The number of carbonyl (C=O) groups is 1. The van der Waals surface area contributed by atoms with Gasteiger partial charge in [-0.3, -0.25) is 4.79 Å². The van der Waals surface area contributed by atoms with Crippen LogP contribution >= 0.6 is 0 Å². The molecule has 3 heteroatoms. The average molecular weight is 124 g/mol. The first-order valence-electron chi connectivity index (χ1n) is 2.52. The smallest absolute Gasteiger partial charge is 0.286 e. The van der Waals surface area contributed by atoms with E-state index in [1.807, 2.05) is 0 Å². The lowest BCUT2D eigenvalue weighted by Crippen LogP contribution is -2.16. The number of hydrogen-bond donors (Lipinski definition) is 1. The minimum Gasteiger partial charge on any atom is -0.448 e. The molecule has 1 amide bonds. The van der Waals surface area contributed by atoms with Crippen LogP contribution in [0.1, 0.15) is 10.6 Å². The summed E-state index contributed by atoms with van der Waals surface area (Å²) in [5.74, 6) is 0.0637. The Morgan fingerprint density at radius 2 is 2.67 bits per heavy atom. The molecule has 9 heavy (non-hydrogen) atoms. The minimum absolute atomic E-state index is 0.226. The maximum absolute atomic E-state index is 10.6. The molecule has 0 saturated heterocycles. The fourth-order valence-corrected chi connectivity index (χ4v) is 0.486. The molecular weight excluding hydrogens is 118 g/mol. The number of furan rings is 1. The van der Waals surface area contributed by atoms with Crippen LogP contribution in [0.15, 0.2) is 16.5 Å². The quantitative estimate of drug-likeness (QED) is 0.590. The first-order valence-corrected chi connectivity index (χ1v) is 2.52. The fourth-order valence-electron chi connectivity index (χ4n) is 0.486. The summed E-state index contributed by atoms with van der Waals surface area (Å²) < 4.78 is 4.65. The van der Waals surface area contributed by atoms with E-state index in [9.17, 15) is 4.79 Å². The van der Waals surface area contributed by atoms with Gasteiger partial charge in [0, 0.05) is 7.05 Å². The molecular formula is C6H6NO2. The van der Waals surface area contributed by atoms with Crippen LogP contribution in [-0.4, -0.2) is 13.0 Å². The Kier molecular flexibility index (Phi) is 1.53. The summed E-state index contributed by atoms with van der Waals surface area (Å²) in [5, 5.41) is 2.41. The van der Waals surface area contributed by atoms with Crippen molar-refractivity contribution in [3.05, 3.63) is 24.2 Å². The highest BCUT2D eigenvalue weighted by Crippen LogP contribution is 1.96. The summed E-state index contributed by atoms with van der Waals surface area (Å²) in [4.78, 5) is 10.6. The topological polar surface area (TPSA) is 42.2 Å². The molecule has 0 bridgehead atoms. The summed E-state index contributed by atoms with van der Waals surface area (Å²) in [6, 6.07) is 3.10. The van der Waals surface area contributed by atoms with Crippen molar-refractivity contribution in [1.29, 1.82) is 0 Å².